The van der Waals surface area contributed by atoms with Gasteiger partial charge in [0.25, 0.3) is 5.56 Å². The Hall–Kier alpha value is -2.92. The first-order valence-corrected chi connectivity index (χ1v) is 9.40. The molecule has 5 nitrogen and oxygen atoms in total. The first-order valence-electron chi connectivity index (χ1n) is 9.40. The molecule has 1 saturated heterocycles. The fraction of sp³-hybridized carbons (Fsp3) is 0.273. The molecule has 5 heteroatoms. The first kappa shape index (κ1) is 17.5. The molecule has 0 amide bonds. The molecule has 1 aromatic heterocycles. The maximum atomic E-state index is 12.6. The summed E-state index contributed by atoms with van der Waals surface area (Å²) in [5, 5.41) is 4.43. The Balaban J connectivity index is 1.59. The molecule has 2 aromatic carbocycles. The van der Waals surface area contributed by atoms with Gasteiger partial charge in [0.05, 0.1) is 18.4 Å². The van der Waals surface area contributed by atoms with Gasteiger partial charge in [0.1, 0.15) is 0 Å². The molecule has 4 rings (SSSR count). The molecule has 2 N–H and O–H groups in total. The fourth-order valence-corrected chi connectivity index (χ4v) is 3.69. The van der Waals surface area contributed by atoms with E-state index in [1.807, 2.05) is 30.3 Å². The highest BCUT2D eigenvalue weighted by Crippen LogP contribution is 2.24. The maximum absolute atomic E-state index is 12.6. The molecule has 0 unspecified atom stereocenters. The number of nitrogens with two attached hydrogens (primary N) is 1. The highest BCUT2D eigenvalue weighted by atomic mass is 16.1. The normalized spacial score (nSPS) is 16.6. The molecule has 0 saturated carbocycles. The van der Waals surface area contributed by atoms with Crippen LogP contribution in [0.1, 0.15) is 12.0 Å². The molecule has 138 valence electrons. The van der Waals surface area contributed by atoms with Crippen molar-refractivity contribution < 1.29 is 0 Å². The van der Waals surface area contributed by atoms with Crippen LogP contribution in [0.25, 0.3) is 11.1 Å². The van der Waals surface area contributed by atoms with E-state index in [0.29, 0.717) is 19.0 Å². The highest BCUT2D eigenvalue weighted by molar-refractivity contribution is 5.67. The van der Waals surface area contributed by atoms with Gasteiger partial charge in [-0.1, -0.05) is 54.6 Å². The number of hydrogen-bond donors (Lipinski definition) is 1. The van der Waals surface area contributed by atoms with Crippen LogP contribution in [0.4, 0.5) is 5.69 Å². The van der Waals surface area contributed by atoms with E-state index >= 15 is 0 Å². The minimum Gasteiger partial charge on any atom is -0.370 e. The van der Waals surface area contributed by atoms with E-state index in [9.17, 15) is 4.79 Å². The van der Waals surface area contributed by atoms with Crippen LogP contribution in [0, 0.1) is 5.92 Å². The molecule has 27 heavy (non-hydrogen) atoms. The van der Waals surface area contributed by atoms with Gasteiger partial charge in [-0.15, -0.1) is 0 Å². The Labute approximate surface area is 159 Å². The summed E-state index contributed by atoms with van der Waals surface area (Å²) in [4.78, 5) is 14.9. The first-order chi connectivity index (χ1) is 13.2. The molecule has 1 fully saturated rings. The summed E-state index contributed by atoms with van der Waals surface area (Å²) >= 11 is 0. The van der Waals surface area contributed by atoms with Crippen LogP contribution in [0.15, 0.2) is 71.7 Å². The van der Waals surface area contributed by atoms with Gasteiger partial charge in [0.2, 0.25) is 0 Å². The molecule has 0 spiro atoms. The Morgan fingerprint density at radius 1 is 1.07 bits per heavy atom. The molecule has 0 aliphatic carbocycles. The van der Waals surface area contributed by atoms with Crippen molar-refractivity contribution in [2.24, 2.45) is 11.7 Å². The minimum absolute atomic E-state index is 0.0773. The van der Waals surface area contributed by atoms with E-state index in [1.165, 1.54) is 4.68 Å². The molecule has 3 aromatic rings. The van der Waals surface area contributed by atoms with E-state index in [0.717, 1.165) is 41.9 Å². The van der Waals surface area contributed by atoms with E-state index < -0.39 is 0 Å². The maximum Gasteiger partial charge on any atom is 0.269 e. The molecular weight excluding hydrogens is 336 g/mol. The Morgan fingerprint density at radius 2 is 1.85 bits per heavy atom. The number of nitrogens with zero attached hydrogens (tertiary/aromatic N) is 3. The molecule has 2 heterocycles. The zero-order chi connectivity index (χ0) is 18.6. The number of benzene rings is 2. The van der Waals surface area contributed by atoms with Gasteiger partial charge in [0.15, 0.2) is 0 Å². The van der Waals surface area contributed by atoms with Crippen molar-refractivity contribution in [3.8, 4) is 11.1 Å². The summed E-state index contributed by atoms with van der Waals surface area (Å²) in [5.41, 5.74) is 9.93. The summed E-state index contributed by atoms with van der Waals surface area (Å²) in [6, 6.07) is 20.1. The number of hydrogen-bond acceptors (Lipinski definition) is 4. The number of rotatable bonds is 5. The molecule has 0 bridgehead atoms. The Kier molecular flexibility index (Phi) is 5.03. The lowest BCUT2D eigenvalue weighted by Crippen LogP contribution is -2.28. The second kappa shape index (κ2) is 7.76. The van der Waals surface area contributed by atoms with Crippen molar-refractivity contribution >= 4 is 5.69 Å². The molecule has 0 radical (unpaired) electrons. The fourth-order valence-electron chi connectivity index (χ4n) is 3.69. The van der Waals surface area contributed by atoms with Crippen LogP contribution >= 0.6 is 0 Å². The van der Waals surface area contributed by atoms with Crippen LogP contribution in [-0.2, 0) is 6.54 Å². The Bertz CT molecular complexity index is 967. The van der Waals surface area contributed by atoms with Crippen LogP contribution in [-0.4, -0.2) is 29.4 Å². The van der Waals surface area contributed by atoms with E-state index in [1.54, 1.807) is 12.3 Å². The third kappa shape index (κ3) is 3.78. The summed E-state index contributed by atoms with van der Waals surface area (Å²) in [6.45, 7) is 2.98. The van der Waals surface area contributed by atoms with Crippen molar-refractivity contribution in [3.63, 3.8) is 0 Å². The van der Waals surface area contributed by atoms with Crippen LogP contribution in [0.2, 0.25) is 0 Å². The van der Waals surface area contributed by atoms with Gasteiger partial charge in [-0.2, -0.15) is 5.10 Å². The van der Waals surface area contributed by atoms with Crippen molar-refractivity contribution in [3.05, 3.63) is 82.8 Å². The van der Waals surface area contributed by atoms with E-state index in [-0.39, 0.29) is 5.56 Å². The van der Waals surface area contributed by atoms with Gasteiger partial charge < -0.3 is 10.6 Å². The lowest BCUT2D eigenvalue weighted by molar-refractivity contribution is 0.601. The lowest BCUT2D eigenvalue weighted by Gasteiger charge is -2.18. The summed E-state index contributed by atoms with van der Waals surface area (Å²) < 4.78 is 1.53. The second-order valence-corrected chi connectivity index (χ2v) is 7.07. The largest absolute Gasteiger partial charge is 0.370 e. The van der Waals surface area contributed by atoms with Crippen LogP contribution < -0.4 is 16.2 Å². The van der Waals surface area contributed by atoms with Crippen molar-refractivity contribution in [1.29, 1.82) is 0 Å². The van der Waals surface area contributed by atoms with Gasteiger partial charge in [-0.05, 0) is 35.6 Å². The summed E-state index contributed by atoms with van der Waals surface area (Å²) in [6.07, 6.45) is 2.87. The third-order valence-corrected chi connectivity index (χ3v) is 5.26. The second-order valence-electron chi connectivity index (χ2n) is 7.07. The molecule has 1 aliphatic rings. The van der Waals surface area contributed by atoms with E-state index in [2.05, 4.69) is 34.3 Å². The van der Waals surface area contributed by atoms with E-state index in [4.69, 9.17) is 5.73 Å². The average molecular weight is 360 g/mol. The minimum atomic E-state index is -0.0773. The van der Waals surface area contributed by atoms with Gasteiger partial charge in [-0.3, -0.25) is 4.79 Å². The van der Waals surface area contributed by atoms with Crippen molar-refractivity contribution in [2.45, 2.75) is 13.0 Å². The summed E-state index contributed by atoms with van der Waals surface area (Å²) in [7, 11) is 0. The highest BCUT2D eigenvalue weighted by Gasteiger charge is 2.22. The van der Waals surface area contributed by atoms with Crippen LogP contribution in [0.5, 0.6) is 0 Å². The van der Waals surface area contributed by atoms with Gasteiger partial charge >= 0.3 is 0 Å². The predicted molar refractivity (Wildman–Crippen MR) is 109 cm³/mol. The van der Waals surface area contributed by atoms with Gasteiger partial charge in [0, 0.05) is 19.2 Å². The monoisotopic (exact) mass is 360 g/mol. The average Bonchev–Trinajstić information content (AvgIpc) is 3.20. The number of anilines is 1. The smallest absolute Gasteiger partial charge is 0.269 e. The third-order valence-electron chi connectivity index (χ3n) is 5.26. The predicted octanol–water partition coefficient (Wildman–Crippen LogP) is 2.74. The molecular formula is C22H24N4O. The zero-order valence-electron chi connectivity index (χ0n) is 15.3. The number of aromatic nitrogens is 2. The SMILES string of the molecule is NC[C@H]1CCN(c2cnn(Cc3ccccc3-c3ccccc3)c(=O)c2)C1. The Morgan fingerprint density at radius 3 is 2.59 bits per heavy atom. The quantitative estimate of drug-likeness (QED) is 0.760. The lowest BCUT2D eigenvalue weighted by atomic mass is 10.00. The van der Waals surface area contributed by atoms with Crippen molar-refractivity contribution in [2.75, 3.05) is 24.5 Å². The molecule has 1 atom stereocenters. The van der Waals surface area contributed by atoms with Gasteiger partial charge in [-0.25, -0.2) is 4.68 Å². The summed E-state index contributed by atoms with van der Waals surface area (Å²) in [5.74, 6) is 0.505. The zero-order valence-corrected chi connectivity index (χ0v) is 15.3. The molecule has 1 aliphatic heterocycles. The van der Waals surface area contributed by atoms with Crippen molar-refractivity contribution in [1.82, 2.24) is 9.78 Å². The standard InChI is InChI=1S/C22H24N4O/c23-13-17-10-11-25(15-17)20-12-22(27)26(24-14-20)16-19-8-4-5-9-21(19)18-6-2-1-3-7-18/h1-9,12,14,17H,10-11,13,15-16,23H2/t17-/m1/s1. The topological polar surface area (TPSA) is 64.2 Å². The van der Waals surface area contributed by atoms with Crippen LogP contribution in [0.3, 0.4) is 0 Å².